The molecule has 0 radical (unpaired) electrons. The first-order valence-electron chi connectivity index (χ1n) is 9.54. The Morgan fingerprint density at radius 1 is 1.14 bits per heavy atom. The van der Waals surface area contributed by atoms with E-state index in [1.54, 1.807) is 7.11 Å². The van der Waals surface area contributed by atoms with Crippen LogP contribution in [0.5, 0.6) is 5.75 Å². The van der Waals surface area contributed by atoms with Gasteiger partial charge in [-0.2, -0.15) is 0 Å². The van der Waals surface area contributed by atoms with E-state index in [-0.39, 0.29) is 24.0 Å². The Labute approximate surface area is 185 Å². The van der Waals surface area contributed by atoms with Crippen molar-refractivity contribution in [2.75, 3.05) is 51.8 Å². The van der Waals surface area contributed by atoms with Gasteiger partial charge in [0.2, 0.25) is 0 Å². The number of piperazine rings is 1. The summed E-state index contributed by atoms with van der Waals surface area (Å²) in [4.78, 5) is 13.6. The van der Waals surface area contributed by atoms with Crippen molar-refractivity contribution in [1.29, 1.82) is 0 Å². The molecule has 1 saturated heterocycles. The van der Waals surface area contributed by atoms with Crippen LogP contribution in [-0.4, -0.2) is 62.7 Å². The first-order chi connectivity index (χ1) is 13.3. The molecule has 0 atom stereocenters. The number of benzene rings is 1. The van der Waals surface area contributed by atoms with Gasteiger partial charge in [-0.1, -0.05) is 18.2 Å². The summed E-state index contributed by atoms with van der Waals surface area (Å²) in [6.07, 6.45) is 3.93. The Morgan fingerprint density at radius 2 is 1.96 bits per heavy atom. The lowest BCUT2D eigenvalue weighted by Crippen LogP contribution is -2.52. The van der Waals surface area contributed by atoms with Gasteiger partial charge < -0.3 is 19.9 Å². The SMILES string of the molecule is CN=C(NCCCc1cccc(OC)c1)N1CCN(c2ccccn2)CC1.I. The first kappa shape index (κ1) is 22.3. The van der Waals surface area contributed by atoms with E-state index in [1.165, 1.54) is 5.56 Å². The number of nitrogens with zero attached hydrogens (tertiary/aromatic N) is 4. The molecule has 3 rings (SSSR count). The van der Waals surface area contributed by atoms with Gasteiger partial charge in [-0.05, 0) is 42.7 Å². The number of hydrogen-bond donors (Lipinski definition) is 1. The van der Waals surface area contributed by atoms with Gasteiger partial charge in [-0.3, -0.25) is 4.99 Å². The van der Waals surface area contributed by atoms with Gasteiger partial charge in [-0.25, -0.2) is 4.98 Å². The summed E-state index contributed by atoms with van der Waals surface area (Å²) in [5, 5.41) is 3.50. The summed E-state index contributed by atoms with van der Waals surface area (Å²) in [5.41, 5.74) is 1.30. The smallest absolute Gasteiger partial charge is 0.193 e. The highest BCUT2D eigenvalue weighted by atomic mass is 127. The third-order valence-electron chi connectivity index (χ3n) is 4.82. The molecule has 1 N–H and O–H groups in total. The molecule has 2 heterocycles. The zero-order valence-electron chi connectivity index (χ0n) is 16.7. The van der Waals surface area contributed by atoms with Gasteiger partial charge in [0.25, 0.3) is 0 Å². The molecule has 1 aromatic heterocycles. The molecule has 152 valence electrons. The summed E-state index contributed by atoms with van der Waals surface area (Å²) in [5.74, 6) is 2.96. The molecule has 0 saturated carbocycles. The molecule has 0 unspecified atom stereocenters. The molecule has 0 amide bonds. The molecule has 1 fully saturated rings. The summed E-state index contributed by atoms with van der Waals surface area (Å²) >= 11 is 0. The van der Waals surface area contributed by atoms with Crippen LogP contribution in [0.15, 0.2) is 53.7 Å². The average Bonchev–Trinajstić information content (AvgIpc) is 2.75. The third-order valence-corrected chi connectivity index (χ3v) is 4.82. The lowest BCUT2D eigenvalue weighted by molar-refractivity contribution is 0.371. The van der Waals surface area contributed by atoms with Crippen molar-refractivity contribution >= 4 is 35.8 Å². The highest BCUT2D eigenvalue weighted by molar-refractivity contribution is 14.0. The fraction of sp³-hybridized carbons (Fsp3) is 0.429. The van der Waals surface area contributed by atoms with Crippen molar-refractivity contribution in [3.05, 3.63) is 54.2 Å². The number of aromatic nitrogens is 1. The fourth-order valence-electron chi connectivity index (χ4n) is 3.34. The monoisotopic (exact) mass is 495 g/mol. The predicted molar refractivity (Wildman–Crippen MR) is 126 cm³/mol. The summed E-state index contributed by atoms with van der Waals surface area (Å²) in [7, 11) is 3.56. The van der Waals surface area contributed by atoms with Crippen molar-refractivity contribution in [2.45, 2.75) is 12.8 Å². The molecule has 1 aromatic carbocycles. The number of rotatable bonds is 6. The lowest BCUT2D eigenvalue weighted by Gasteiger charge is -2.37. The average molecular weight is 495 g/mol. The van der Waals surface area contributed by atoms with Crippen molar-refractivity contribution < 1.29 is 4.74 Å². The van der Waals surface area contributed by atoms with Crippen LogP contribution in [-0.2, 0) is 6.42 Å². The summed E-state index contributed by atoms with van der Waals surface area (Å²) in [6, 6.07) is 14.3. The Balaban J connectivity index is 0.00000280. The second-order valence-electron chi connectivity index (χ2n) is 6.59. The van der Waals surface area contributed by atoms with Crippen LogP contribution in [0.1, 0.15) is 12.0 Å². The molecule has 6 nitrogen and oxygen atoms in total. The number of aryl methyl sites for hydroxylation is 1. The molecule has 2 aromatic rings. The maximum atomic E-state index is 5.29. The molecule has 7 heteroatoms. The number of anilines is 1. The number of pyridine rings is 1. The highest BCUT2D eigenvalue weighted by Gasteiger charge is 2.20. The minimum atomic E-state index is 0. The fourth-order valence-corrected chi connectivity index (χ4v) is 3.34. The summed E-state index contributed by atoms with van der Waals surface area (Å²) in [6.45, 7) is 4.73. The molecule has 0 aliphatic carbocycles. The van der Waals surface area contributed by atoms with Gasteiger partial charge in [0.05, 0.1) is 7.11 Å². The number of methoxy groups -OCH3 is 1. The molecular weight excluding hydrogens is 465 g/mol. The van der Waals surface area contributed by atoms with Gasteiger partial charge in [0, 0.05) is 46.0 Å². The Bertz CT molecular complexity index is 733. The number of nitrogens with one attached hydrogen (secondary N) is 1. The largest absolute Gasteiger partial charge is 0.497 e. The molecule has 1 aliphatic rings. The molecule has 28 heavy (non-hydrogen) atoms. The van der Waals surface area contributed by atoms with Gasteiger partial charge in [0.15, 0.2) is 5.96 Å². The van der Waals surface area contributed by atoms with Crippen LogP contribution in [0, 0.1) is 0 Å². The number of guanidine groups is 1. The Hall–Kier alpha value is -2.03. The van der Waals surface area contributed by atoms with Crippen molar-refractivity contribution in [1.82, 2.24) is 15.2 Å². The van der Waals surface area contributed by atoms with E-state index in [0.717, 1.165) is 63.1 Å². The second-order valence-corrected chi connectivity index (χ2v) is 6.59. The number of aliphatic imine (C=N–C) groups is 1. The van der Waals surface area contributed by atoms with Crippen molar-refractivity contribution in [3.8, 4) is 5.75 Å². The number of ether oxygens (including phenoxy) is 1. The first-order valence-corrected chi connectivity index (χ1v) is 9.54. The van der Waals surface area contributed by atoms with Gasteiger partial charge in [0.1, 0.15) is 11.6 Å². The van der Waals surface area contributed by atoms with E-state index < -0.39 is 0 Å². The second kappa shape index (κ2) is 11.7. The topological polar surface area (TPSA) is 53.0 Å². The van der Waals surface area contributed by atoms with Gasteiger partial charge >= 0.3 is 0 Å². The quantitative estimate of drug-likeness (QED) is 0.289. The predicted octanol–water partition coefficient (Wildman–Crippen LogP) is 3.04. The van der Waals surface area contributed by atoms with E-state index >= 15 is 0 Å². The zero-order chi connectivity index (χ0) is 18.9. The van der Waals surface area contributed by atoms with Crippen LogP contribution >= 0.6 is 24.0 Å². The standard InChI is InChI=1S/C21H29N5O.HI/c1-22-21(24-12-6-8-18-7-5-9-19(17-18)27-2)26-15-13-25(14-16-26)20-10-3-4-11-23-20;/h3-5,7,9-11,17H,6,8,12-16H2,1-2H3,(H,22,24);1H. The van der Waals surface area contributed by atoms with E-state index in [2.05, 4.69) is 43.3 Å². The van der Waals surface area contributed by atoms with Crippen LogP contribution in [0.3, 0.4) is 0 Å². The van der Waals surface area contributed by atoms with Crippen molar-refractivity contribution in [2.24, 2.45) is 4.99 Å². The summed E-state index contributed by atoms with van der Waals surface area (Å²) < 4.78 is 5.29. The van der Waals surface area contributed by atoms with Gasteiger partial charge in [-0.15, -0.1) is 24.0 Å². The van der Waals surface area contributed by atoms with Crippen LogP contribution < -0.4 is 15.0 Å². The molecular formula is C21H30IN5O. The Morgan fingerprint density at radius 3 is 2.64 bits per heavy atom. The van der Waals surface area contributed by atoms with Crippen LogP contribution in [0.25, 0.3) is 0 Å². The minimum Gasteiger partial charge on any atom is -0.497 e. The lowest BCUT2D eigenvalue weighted by atomic mass is 10.1. The van der Waals surface area contributed by atoms with Crippen LogP contribution in [0.2, 0.25) is 0 Å². The Kier molecular flexibility index (Phi) is 9.33. The minimum absolute atomic E-state index is 0. The van der Waals surface area contributed by atoms with Crippen molar-refractivity contribution in [3.63, 3.8) is 0 Å². The number of hydrogen-bond acceptors (Lipinski definition) is 4. The highest BCUT2D eigenvalue weighted by Crippen LogP contribution is 2.14. The molecule has 0 spiro atoms. The van der Waals surface area contributed by atoms with E-state index in [4.69, 9.17) is 4.74 Å². The van der Waals surface area contributed by atoms with E-state index in [1.807, 2.05) is 37.5 Å². The van der Waals surface area contributed by atoms with E-state index in [9.17, 15) is 0 Å². The maximum Gasteiger partial charge on any atom is 0.193 e. The number of halogens is 1. The molecule has 1 aliphatic heterocycles. The van der Waals surface area contributed by atoms with E-state index in [0.29, 0.717) is 0 Å². The third kappa shape index (κ3) is 6.25. The van der Waals surface area contributed by atoms with Crippen LogP contribution in [0.4, 0.5) is 5.82 Å². The zero-order valence-corrected chi connectivity index (χ0v) is 19.0. The maximum absolute atomic E-state index is 5.29. The normalized spacial score (nSPS) is 14.4. The molecule has 0 bridgehead atoms.